The van der Waals surface area contributed by atoms with Crippen molar-refractivity contribution in [2.45, 2.75) is 32.5 Å². The fourth-order valence-corrected chi connectivity index (χ4v) is 2.27. The topological polar surface area (TPSA) is 66.6 Å². The Balaban J connectivity index is 2.58. The quantitative estimate of drug-likeness (QED) is 0.651. The summed E-state index contributed by atoms with van der Waals surface area (Å²) >= 11 is 0. The Morgan fingerprint density at radius 2 is 2.00 bits per heavy atom. The molecule has 0 unspecified atom stereocenters. The fraction of sp³-hybridized carbons (Fsp3) is 0.385. The molecule has 0 saturated heterocycles. The van der Waals surface area contributed by atoms with Crippen LogP contribution in [-0.4, -0.2) is 38.2 Å². The molecule has 0 aliphatic carbocycles. The van der Waals surface area contributed by atoms with Crippen molar-refractivity contribution < 1.29 is 19.1 Å². The van der Waals surface area contributed by atoms with E-state index >= 15 is 0 Å². The maximum Gasteiger partial charge on any atom is 0.307 e. The molecule has 1 N–H and O–H groups in total. The van der Waals surface area contributed by atoms with Crippen LogP contribution in [0.25, 0.3) is 0 Å². The van der Waals surface area contributed by atoms with Crippen molar-refractivity contribution in [2.75, 3.05) is 0 Å². The highest BCUT2D eigenvalue weighted by Gasteiger charge is 2.56. The Bertz CT molecular complexity index is 556. The minimum atomic E-state index is -1.65. The van der Waals surface area contributed by atoms with E-state index in [2.05, 4.69) is 0 Å². The third-order valence-corrected chi connectivity index (χ3v) is 3.63. The van der Waals surface area contributed by atoms with Crippen LogP contribution in [-0.2, 0) is 4.79 Å². The Morgan fingerprint density at radius 1 is 1.47 bits per heavy atom. The molecule has 2 rings (SSSR count). The number of hydrogen-bond donors (Lipinski definition) is 1. The number of ketones is 1. The molecular formula is C13H15FN2O3. The predicted molar refractivity (Wildman–Crippen MR) is 66.3 cm³/mol. The molecule has 1 aromatic carbocycles. The Morgan fingerprint density at radius 3 is 2.42 bits per heavy atom. The molecule has 19 heavy (non-hydrogen) atoms. The molecule has 0 spiro atoms. The molecule has 5 nitrogen and oxygen atoms in total. The number of halogens is 1. The highest BCUT2D eigenvalue weighted by molar-refractivity contribution is 6.03. The van der Waals surface area contributed by atoms with E-state index in [0.29, 0.717) is 10.3 Å². The number of Topliss-reactive ketones (excluding diaryl/α,β-unsaturated/α-hetero) is 1. The van der Waals surface area contributed by atoms with E-state index in [1.165, 1.54) is 38.1 Å². The summed E-state index contributed by atoms with van der Waals surface area (Å²) in [7, 11) is 0. The van der Waals surface area contributed by atoms with Crippen molar-refractivity contribution >= 4 is 11.5 Å². The minimum Gasteiger partial charge on any atom is -0.622 e. The van der Waals surface area contributed by atoms with Gasteiger partial charge in [-0.25, -0.2) is 4.39 Å². The first-order valence-corrected chi connectivity index (χ1v) is 5.89. The van der Waals surface area contributed by atoms with Gasteiger partial charge in [-0.05, 0) is 31.2 Å². The Hall–Kier alpha value is -1.79. The van der Waals surface area contributed by atoms with E-state index in [9.17, 15) is 19.6 Å². The van der Waals surface area contributed by atoms with Crippen LogP contribution in [0.4, 0.5) is 4.39 Å². The van der Waals surface area contributed by atoms with Crippen molar-refractivity contribution in [1.82, 2.24) is 5.06 Å². The monoisotopic (exact) mass is 266 g/mol. The summed E-state index contributed by atoms with van der Waals surface area (Å²) in [5.41, 5.74) is -0.934. The third-order valence-electron chi connectivity index (χ3n) is 3.63. The summed E-state index contributed by atoms with van der Waals surface area (Å²) in [5, 5.41) is 23.1. The van der Waals surface area contributed by atoms with Gasteiger partial charge >= 0.3 is 5.66 Å². The summed E-state index contributed by atoms with van der Waals surface area (Å²) in [6.45, 7) is 4.21. The van der Waals surface area contributed by atoms with E-state index < -0.39 is 23.3 Å². The van der Waals surface area contributed by atoms with Crippen LogP contribution in [0.5, 0.6) is 0 Å². The van der Waals surface area contributed by atoms with Gasteiger partial charge in [0.25, 0.3) is 0 Å². The molecule has 1 heterocycles. The molecule has 0 radical (unpaired) electrons. The number of carbonyl (C=O) groups excluding carboxylic acids is 1. The summed E-state index contributed by atoms with van der Waals surface area (Å²) in [4.78, 5) is 11.6. The van der Waals surface area contributed by atoms with Crippen LogP contribution in [0.3, 0.4) is 0 Å². The van der Waals surface area contributed by atoms with E-state index in [0.717, 1.165) is 5.06 Å². The molecule has 1 aliphatic rings. The van der Waals surface area contributed by atoms with Gasteiger partial charge in [-0.3, -0.25) is 4.79 Å². The van der Waals surface area contributed by atoms with Crippen LogP contribution in [0.2, 0.25) is 0 Å². The van der Waals surface area contributed by atoms with Gasteiger partial charge in [-0.15, -0.1) is 5.06 Å². The fourth-order valence-electron chi connectivity index (χ4n) is 2.27. The number of rotatable bonds is 2. The average molecular weight is 266 g/mol. The molecule has 0 aromatic heterocycles. The Kier molecular flexibility index (Phi) is 3.15. The van der Waals surface area contributed by atoms with E-state index in [4.69, 9.17) is 0 Å². The maximum atomic E-state index is 12.9. The van der Waals surface area contributed by atoms with Gasteiger partial charge in [-0.1, -0.05) is 0 Å². The normalized spacial score (nSPS) is 27.9. The SMILES string of the molecule is CC(=O)[C@@]1(C)N(O)[C@H](C)C(c2ccc(F)cc2)=[N+]1[O-]. The largest absolute Gasteiger partial charge is 0.622 e. The predicted octanol–water partition coefficient (Wildman–Crippen LogP) is 1.52. The van der Waals surface area contributed by atoms with Crippen LogP contribution < -0.4 is 0 Å². The third kappa shape index (κ3) is 1.84. The lowest BCUT2D eigenvalue weighted by Gasteiger charge is -2.26. The van der Waals surface area contributed by atoms with Crippen LogP contribution >= 0.6 is 0 Å². The second-order valence-electron chi connectivity index (χ2n) is 4.78. The zero-order valence-electron chi connectivity index (χ0n) is 10.9. The van der Waals surface area contributed by atoms with Gasteiger partial charge in [0.15, 0.2) is 0 Å². The number of benzene rings is 1. The highest BCUT2D eigenvalue weighted by atomic mass is 19.1. The van der Waals surface area contributed by atoms with Gasteiger partial charge in [0.2, 0.25) is 11.5 Å². The van der Waals surface area contributed by atoms with Crippen LogP contribution in [0.15, 0.2) is 24.3 Å². The molecular weight excluding hydrogens is 251 g/mol. The Labute approximate surface area is 110 Å². The summed E-state index contributed by atoms with van der Waals surface area (Å²) in [6.07, 6.45) is 0. The molecule has 2 atom stereocenters. The van der Waals surface area contributed by atoms with E-state index in [1.807, 2.05) is 0 Å². The van der Waals surface area contributed by atoms with Crippen LogP contribution in [0, 0.1) is 11.0 Å². The zero-order chi connectivity index (χ0) is 14.4. The van der Waals surface area contributed by atoms with E-state index in [1.54, 1.807) is 6.92 Å². The van der Waals surface area contributed by atoms with E-state index in [-0.39, 0.29) is 5.71 Å². The van der Waals surface area contributed by atoms with Crippen molar-refractivity contribution in [2.24, 2.45) is 0 Å². The first kappa shape index (κ1) is 13.6. The van der Waals surface area contributed by atoms with Gasteiger partial charge < -0.3 is 10.4 Å². The number of carbonyl (C=O) groups is 1. The lowest BCUT2D eigenvalue weighted by molar-refractivity contribution is -0.564. The maximum absolute atomic E-state index is 12.9. The van der Waals surface area contributed by atoms with Crippen molar-refractivity contribution in [1.29, 1.82) is 0 Å². The van der Waals surface area contributed by atoms with Gasteiger partial charge in [0.05, 0.1) is 0 Å². The first-order valence-electron chi connectivity index (χ1n) is 5.89. The smallest absolute Gasteiger partial charge is 0.307 e. The van der Waals surface area contributed by atoms with Gasteiger partial charge in [0.1, 0.15) is 11.9 Å². The second kappa shape index (κ2) is 4.40. The highest BCUT2D eigenvalue weighted by Crippen LogP contribution is 2.28. The van der Waals surface area contributed by atoms with Gasteiger partial charge in [0, 0.05) is 19.4 Å². The second-order valence-corrected chi connectivity index (χ2v) is 4.78. The molecule has 0 bridgehead atoms. The lowest BCUT2D eigenvalue weighted by Crippen LogP contribution is -2.53. The minimum absolute atomic E-state index is 0.236. The zero-order valence-corrected chi connectivity index (χ0v) is 10.9. The lowest BCUT2D eigenvalue weighted by atomic mass is 10.1. The number of hydroxylamine groups is 3. The molecule has 1 aliphatic heterocycles. The summed E-state index contributed by atoms with van der Waals surface area (Å²) in [5.74, 6) is -0.878. The molecule has 0 fully saturated rings. The van der Waals surface area contributed by atoms with Gasteiger partial charge in [-0.2, -0.15) is 4.74 Å². The van der Waals surface area contributed by atoms with Crippen molar-refractivity contribution in [3.63, 3.8) is 0 Å². The van der Waals surface area contributed by atoms with Crippen LogP contribution in [0.1, 0.15) is 26.3 Å². The molecule has 1 aromatic rings. The molecule has 0 amide bonds. The molecule has 0 saturated carbocycles. The molecule has 6 heteroatoms. The first-order chi connectivity index (χ1) is 8.80. The number of hydrogen-bond acceptors (Lipinski definition) is 4. The van der Waals surface area contributed by atoms with Crippen molar-refractivity contribution in [3.05, 3.63) is 40.9 Å². The molecule has 102 valence electrons. The summed E-state index contributed by atoms with van der Waals surface area (Å²) in [6, 6.07) is 4.71. The van der Waals surface area contributed by atoms with Crippen molar-refractivity contribution in [3.8, 4) is 0 Å². The number of nitrogens with zero attached hydrogens (tertiary/aromatic N) is 2. The average Bonchev–Trinajstić information content (AvgIpc) is 2.54. The summed E-state index contributed by atoms with van der Waals surface area (Å²) < 4.78 is 13.4. The standard InChI is InChI=1S/C13H15FN2O3/c1-8-12(10-4-6-11(14)7-5-10)16(19)13(3,9(2)17)15(8)18/h4-8,18H,1-3H3/t8-,13+/m1/s1.